The van der Waals surface area contributed by atoms with Crippen molar-refractivity contribution in [3.05, 3.63) is 74.7 Å². The Morgan fingerprint density at radius 2 is 1.80 bits per heavy atom. The minimum Gasteiger partial charge on any atom is -0.380 e. The zero-order valence-electron chi connectivity index (χ0n) is 20.6. The Morgan fingerprint density at radius 3 is 2.45 bits per heavy atom. The quantitative estimate of drug-likeness (QED) is 0.283. The van der Waals surface area contributed by atoms with Gasteiger partial charge < -0.3 is 5.32 Å². The number of aromatic nitrogens is 6. The second-order valence-corrected chi connectivity index (χ2v) is 9.45. The molecule has 1 aliphatic carbocycles. The van der Waals surface area contributed by atoms with Crippen LogP contribution in [0.4, 0.5) is 32.0 Å². The van der Waals surface area contributed by atoms with Crippen LogP contribution >= 0.6 is 0 Å². The number of benzene rings is 1. The lowest BCUT2D eigenvalue weighted by atomic mass is 10.1. The van der Waals surface area contributed by atoms with Crippen molar-refractivity contribution in [2.45, 2.75) is 50.9 Å². The fourth-order valence-corrected chi connectivity index (χ4v) is 4.49. The number of nitrogens with one attached hydrogen (secondary N) is 2. The third-order valence-electron chi connectivity index (χ3n) is 6.66. The van der Waals surface area contributed by atoms with Crippen LogP contribution in [-0.2, 0) is 12.7 Å². The van der Waals surface area contributed by atoms with Crippen LogP contribution in [0.15, 0.2) is 46.6 Å². The molecule has 1 atom stereocenters. The molecule has 5 rings (SSSR count). The lowest BCUT2D eigenvalue weighted by Gasteiger charge is -2.21. The van der Waals surface area contributed by atoms with Gasteiger partial charge in [0, 0.05) is 25.0 Å². The number of anilines is 1. The minimum absolute atomic E-state index is 0.0192. The predicted molar refractivity (Wildman–Crippen MR) is 131 cm³/mol. The molecule has 1 aromatic carbocycles. The van der Waals surface area contributed by atoms with E-state index in [-0.39, 0.29) is 40.8 Å². The van der Waals surface area contributed by atoms with Gasteiger partial charge in [-0.1, -0.05) is 0 Å². The molecule has 1 saturated carbocycles. The van der Waals surface area contributed by atoms with Crippen LogP contribution in [0.3, 0.4) is 0 Å². The zero-order chi connectivity index (χ0) is 28.6. The highest BCUT2D eigenvalue weighted by Gasteiger charge is 2.39. The third-order valence-corrected chi connectivity index (χ3v) is 6.66. The Hall–Kier alpha value is -4.30. The number of nitrogens with zero attached hydrogens (tertiary/aromatic N) is 5. The molecule has 2 N–H and O–H groups in total. The lowest BCUT2D eigenvalue weighted by Crippen LogP contribution is -2.30. The smallest absolute Gasteiger partial charge is 0.380 e. The molecule has 0 aliphatic heterocycles. The number of hydrogen-bond donors (Lipinski definition) is 2. The van der Waals surface area contributed by atoms with E-state index in [9.17, 15) is 35.9 Å². The first-order valence-corrected chi connectivity index (χ1v) is 12.2. The number of alkyl halides is 5. The zero-order valence-corrected chi connectivity index (χ0v) is 20.6. The normalized spacial score (nSPS) is 14.6. The second kappa shape index (κ2) is 10.7. The summed E-state index contributed by atoms with van der Waals surface area (Å²) in [6.45, 7) is 0.161. The second-order valence-electron chi connectivity index (χ2n) is 9.45. The Labute approximate surface area is 221 Å². The van der Waals surface area contributed by atoms with Crippen molar-refractivity contribution in [3.8, 4) is 11.4 Å². The molecule has 1 unspecified atom stereocenters. The van der Waals surface area contributed by atoms with E-state index in [1.165, 1.54) is 17.0 Å². The van der Waals surface area contributed by atoms with E-state index in [4.69, 9.17) is 0 Å². The molecule has 3 heterocycles. The minimum atomic E-state index is -4.87. The third kappa shape index (κ3) is 5.67. The van der Waals surface area contributed by atoms with E-state index in [2.05, 4.69) is 25.4 Å². The summed E-state index contributed by atoms with van der Waals surface area (Å²) in [5.41, 5.74) is -4.00. The van der Waals surface area contributed by atoms with Crippen LogP contribution in [-0.4, -0.2) is 35.8 Å². The molecule has 210 valence electrons. The standard InChI is InChI=1S/C25H21F6N7O2/c26-16-6-15-18(7-14(16)22-32-8-13(9-33-22)21(27)28)34-11-38(24(15)40)5-1-2-17(12-3-4-12)36-19-10-35-37-23(39)20(19)25(29,30)31/h6-12,17,21H,1-5H2,(H2,36,37,39). The van der Waals surface area contributed by atoms with Gasteiger partial charge in [-0.05, 0) is 43.7 Å². The summed E-state index contributed by atoms with van der Waals surface area (Å²) in [6, 6.07) is 1.85. The van der Waals surface area contributed by atoms with Crippen molar-refractivity contribution in [3.63, 3.8) is 0 Å². The van der Waals surface area contributed by atoms with Gasteiger partial charge in [0.25, 0.3) is 17.5 Å². The molecule has 0 spiro atoms. The van der Waals surface area contributed by atoms with Crippen molar-refractivity contribution in [2.75, 3.05) is 5.32 Å². The van der Waals surface area contributed by atoms with E-state index >= 15 is 0 Å². The largest absolute Gasteiger partial charge is 0.423 e. The van der Waals surface area contributed by atoms with Crippen molar-refractivity contribution in [1.29, 1.82) is 0 Å². The molecule has 0 saturated heterocycles. The molecule has 0 amide bonds. The average molecular weight is 565 g/mol. The molecule has 0 bridgehead atoms. The first-order chi connectivity index (χ1) is 19.0. The number of aromatic amines is 1. The van der Waals surface area contributed by atoms with E-state index in [0.29, 0.717) is 12.8 Å². The highest BCUT2D eigenvalue weighted by Crippen LogP contribution is 2.38. The molecular weight excluding hydrogens is 544 g/mol. The number of aryl methyl sites for hydroxylation is 1. The van der Waals surface area contributed by atoms with Gasteiger partial charge >= 0.3 is 6.18 Å². The molecule has 4 aromatic rings. The van der Waals surface area contributed by atoms with Gasteiger partial charge in [0.2, 0.25) is 0 Å². The maximum Gasteiger partial charge on any atom is 0.423 e. The summed E-state index contributed by atoms with van der Waals surface area (Å²) >= 11 is 0. The van der Waals surface area contributed by atoms with Gasteiger partial charge in [0.15, 0.2) is 5.82 Å². The molecular formula is C25H21F6N7O2. The van der Waals surface area contributed by atoms with Crippen molar-refractivity contribution in [1.82, 2.24) is 29.7 Å². The average Bonchev–Trinajstić information content (AvgIpc) is 3.74. The van der Waals surface area contributed by atoms with E-state index in [1.807, 2.05) is 0 Å². The molecule has 0 radical (unpaired) electrons. The highest BCUT2D eigenvalue weighted by molar-refractivity contribution is 5.82. The summed E-state index contributed by atoms with van der Waals surface area (Å²) in [4.78, 5) is 36.5. The topological polar surface area (TPSA) is 118 Å². The molecule has 3 aromatic heterocycles. The van der Waals surface area contributed by atoms with Crippen LogP contribution in [0, 0.1) is 11.7 Å². The summed E-state index contributed by atoms with van der Waals surface area (Å²) in [6.07, 6.45) is -1.27. The summed E-state index contributed by atoms with van der Waals surface area (Å²) < 4.78 is 81.9. The summed E-state index contributed by atoms with van der Waals surface area (Å²) in [5.74, 6) is -0.868. The maximum absolute atomic E-state index is 14.9. The predicted octanol–water partition coefficient (Wildman–Crippen LogP) is 4.70. The van der Waals surface area contributed by atoms with Gasteiger partial charge in [0.1, 0.15) is 11.4 Å². The van der Waals surface area contributed by atoms with Gasteiger partial charge in [-0.15, -0.1) is 0 Å². The monoisotopic (exact) mass is 565 g/mol. The van der Waals surface area contributed by atoms with Crippen LogP contribution in [0.25, 0.3) is 22.3 Å². The molecule has 9 nitrogen and oxygen atoms in total. The molecule has 15 heteroatoms. The molecule has 1 aliphatic rings. The number of fused-ring (bicyclic) bond motifs is 1. The van der Waals surface area contributed by atoms with Gasteiger partial charge in [-0.2, -0.15) is 18.3 Å². The molecule has 40 heavy (non-hydrogen) atoms. The Balaban J connectivity index is 1.32. The number of H-pyrrole nitrogens is 1. The first kappa shape index (κ1) is 27.3. The number of halogens is 6. The van der Waals surface area contributed by atoms with Gasteiger partial charge in [0.05, 0.1) is 40.2 Å². The van der Waals surface area contributed by atoms with Gasteiger partial charge in [-0.3, -0.25) is 14.2 Å². The first-order valence-electron chi connectivity index (χ1n) is 12.2. The Kier molecular flexibility index (Phi) is 7.29. The van der Waals surface area contributed by atoms with Gasteiger partial charge in [-0.25, -0.2) is 33.2 Å². The summed E-state index contributed by atoms with van der Waals surface area (Å²) in [7, 11) is 0. The van der Waals surface area contributed by atoms with Crippen molar-refractivity contribution < 1.29 is 26.3 Å². The molecule has 1 fully saturated rings. The lowest BCUT2D eigenvalue weighted by molar-refractivity contribution is -0.138. The van der Waals surface area contributed by atoms with Crippen molar-refractivity contribution >= 4 is 16.6 Å². The van der Waals surface area contributed by atoms with Crippen LogP contribution in [0.1, 0.15) is 43.2 Å². The van der Waals surface area contributed by atoms with Crippen LogP contribution in [0.2, 0.25) is 0 Å². The fourth-order valence-electron chi connectivity index (χ4n) is 4.49. The van der Waals surface area contributed by atoms with Crippen molar-refractivity contribution in [2.24, 2.45) is 5.92 Å². The van der Waals surface area contributed by atoms with E-state index in [1.54, 1.807) is 5.10 Å². The number of hydrogen-bond acceptors (Lipinski definition) is 7. The highest BCUT2D eigenvalue weighted by atomic mass is 19.4. The SMILES string of the molecule is O=c1[nH]ncc(NC(CCCn2cnc3cc(-c4ncc(C(F)F)cn4)c(F)cc3c2=O)C2CC2)c1C(F)(F)F. The van der Waals surface area contributed by atoms with Crippen LogP contribution < -0.4 is 16.4 Å². The van der Waals surface area contributed by atoms with E-state index < -0.39 is 46.4 Å². The maximum atomic E-state index is 14.9. The Bertz CT molecular complexity index is 1650. The summed E-state index contributed by atoms with van der Waals surface area (Å²) in [5, 5.41) is 8.08. The van der Waals surface area contributed by atoms with E-state index in [0.717, 1.165) is 37.5 Å². The Morgan fingerprint density at radius 1 is 1.07 bits per heavy atom. The fraction of sp³-hybridized carbons (Fsp3) is 0.360. The van der Waals surface area contributed by atoms with Crippen LogP contribution in [0.5, 0.6) is 0 Å². The number of rotatable bonds is 9.